The first-order valence-corrected chi connectivity index (χ1v) is 13.1. The van der Waals surface area contributed by atoms with Gasteiger partial charge in [0.2, 0.25) is 0 Å². The summed E-state index contributed by atoms with van der Waals surface area (Å²) in [7, 11) is 0. The average Bonchev–Trinajstić information content (AvgIpc) is 2.64. The zero-order valence-electron chi connectivity index (χ0n) is 22.1. The van der Waals surface area contributed by atoms with E-state index in [0.717, 1.165) is 38.5 Å². The minimum Gasteiger partial charge on any atom is -0.460 e. The highest BCUT2D eigenvalue weighted by molar-refractivity contribution is 5.70. The molecule has 0 rings (SSSR count). The van der Waals surface area contributed by atoms with Gasteiger partial charge in [0.15, 0.2) is 0 Å². The first-order chi connectivity index (χ1) is 15.0. The number of rotatable bonds is 18. The van der Waals surface area contributed by atoms with E-state index < -0.39 is 0 Å². The molecule has 188 valence electrons. The van der Waals surface area contributed by atoms with Crippen molar-refractivity contribution in [2.75, 3.05) is 0 Å². The van der Waals surface area contributed by atoms with Crippen molar-refractivity contribution in [1.82, 2.24) is 0 Å². The maximum absolute atomic E-state index is 11.6. The van der Waals surface area contributed by atoms with E-state index in [1.54, 1.807) is 0 Å². The third kappa shape index (κ3) is 24.9. The van der Waals surface area contributed by atoms with Crippen LogP contribution in [0.5, 0.6) is 0 Å². The van der Waals surface area contributed by atoms with Crippen LogP contribution in [0.25, 0.3) is 0 Å². The maximum Gasteiger partial charge on any atom is 0.306 e. The first kappa shape index (κ1) is 30.7. The van der Waals surface area contributed by atoms with E-state index in [9.17, 15) is 9.59 Å². The summed E-state index contributed by atoms with van der Waals surface area (Å²) in [5.41, 5.74) is -0.735. The fourth-order valence-electron chi connectivity index (χ4n) is 3.50. The van der Waals surface area contributed by atoms with E-state index in [0.29, 0.717) is 12.8 Å². The molecule has 0 saturated heterocycles. The number of unbranched alkanes of at least 4 members (excludes halogenated alkanes) is 12. The van der Waals surface area contributed by atoms with Crippen molar-refractivity contribution >= 4 is 11.9 Å². The molecule has 0 aliphatic heterocycles. The molecule has 0 N–H and O–H groups in total. The monoisotopic (exact) mass is 452 g/mol. The number of carbonyl (C=O) groups excluding carboxylic acids is 2. The summed E-state index contributed by atoms with van der Waals surface area (Å²) in [6.07, 6.45) is 22.3. The second-order valence-electron chi connectivity index (χ2n) is 11.0. The molecule has 0 fully saturated rings. The molecule has 0 amide bonds. The van der Waals surface area contributed by atoms with Crippen molar-refractivity contribution in [1.29, 1.82) is 0 Å². The lowest BCUT2D eigenvalue weighted by molar-refractivity contribution is -0.156. The van der Waals surface area contributed by atoms with Crippen molar-refractivity contribution in [2.45, 2.75) is 155 Å². The third-order valence-electron chi connectivity index (χ3n) is 5.01. The van der Waals surface area contributed by atoms with Gasteiger partial charge in [0.05, 0.1) is 0 Å². The van der Waals surface area contributed by atoms with E-state index >= 15 is 0 Å². The van der Waals surface area contributed by atoms with Crippen LogP contribution in [-0.2, 0) is 19.1 Å². The highest BCUT2D eigenvalue weighted by Gasteiger charge is 2.16. The van der Waals surface area contributed by atoms with Crippen molar-refractivity contribution < 1.29 is 19.1 Å². The molecule has 0 radical (unpaired) electrons. The minimum absolute atomic E-state index is 0.0650. The summed E-state index contributed by atoms with van der Waals surface area (Å²) in [6, 6.07) is 0. The summed E-state index contributed by atoms with van der Waals surface area (Å²) in [4.78, 5) is 23.3. The summed E-state index contributed by atoms with van der Waals surface area (Å²) in [6.45, 7) is 11.5. The van der Waals surface area contributed by atoms with Gasteiger partial charge in [-0.15, -0.1) is 0 Å². The normalized spacial score (nSPS) is 12.3. The molecule has 0 bridgehead atoms. The molecular formula is C28H52O4. The lowest BCUT2D eigenvalue weighted by atomic mass is 10.1. The largest absolute Gasteiger partial charge is 0.460 e. The molecule has 0 atom stereocenters. The Labute approximate surface area is 198 Å². The molecule has 0 unspecified atom stereocenters. The second kappa shape index (κ2) is 18.1. The number of hydrogen-bond donors (Lipinski definition) is 0. The second-order valence-corrected chi connectivity index (χ2v) is 11.0. The van der Waals surface area contributed by atoms with Crippen LogP contribution >= 0.6 is 0 Å². The van der Waals surface area contributed by atoms with Gasteiger partial charge in [-0.25, -0.2) is 0 Å². The Bertz CT molecular complexity index is 509. The van der Waals surface area contributed by atoms with Crippen LogP contribution in [-0.4, -0.2) is 23.1 Å². The summed E-state index contributed by atoms with van der Waals surface area (Å²) in [5, 5.41) is 0. The van der Waals surface area contributed by atoms with Crippen molar-refractivity contribution in [3.05, 3.63) is 12.2 Å². The van der Waals surface area contributed by atoms with E-state index in [-0.39, 0.29) is 23.1 Å². The van der Waals surface area contributed by atoms with Crippen molar-refractivity contribution in [2.24, 2.45) is 0 Å². The van der Waals surface area contributed by atoms with Crippen LogP contribution in [0.15, 0.2) is 12.2 Å². The number of ether oxygens (including phenoxy) is 2. The Morgan fingerprint density at radius 1 is 0.500 bits per heavy atom. The predicted octanol–water partition coefficient (Wildman–Crippen LogP) is 8.47. The van der Waals surface area contributed by atoms with Gasteiger partial charge < -0.3 is 9.47 Å². The smallest absolute Gasteiger partial charge is 0.306 e. The SMILES string of the molecule is CC(C)(C)OC(=O)CCCCC/C=C/CCCCCCCCCCCC(=O)OC(C)(C)C. The molecule has 0 aromatic carbocycles. The van der Waals surface area contributed by atoms with Crippen LogP contribution < -0.4 is 0 Å². The molecule has 0 aromatic rings. The van der Waals surface area contributed by atoms with Crippen LogP contribution in [0.1, 0.15) is 144 Å². The van der Waals surface area contributed by atoms with Crippen LogP contribution in [0, 0.1) is 0 Å². The summed E-state index contributed by atoms with van der Waals surface area (Å²) >= 11 is 0. The van der Waals surface area contributed by atoms with E-state index in [1.165, 1.54) is 51.4 Å². The Balaban J connectivity index is 3.31. The molecule has 0 aliphatic rings. The van der Waals surface area contributed by atoms with E-state index in [2.05, 4.69) is 12.2 Å². The van der Waals surface area contributed by atoms with Crippen LogP contribution in [0.3, 0.4) is 0 Å². The molecular weight excluding hydrogens is 400 g/mol. The van der Waals surface area contributed by atoms with Gasteiger partial charge in [0, 0.05) is 12.8 Å². The Hall–Kier alpha value is -1.32. The average molecular weight is 453 g/mol. The number of hydrogen-bond acceptors (Lipinski definition) is 4. The molecule has 0 heterocycles. The maximum atomic E-state index is 11.6. The molecule has 4 heteroatoms. The van der Waals surface area contributed by atoms with Gasteiger partial charge in [0.1, 0.15) is 11.2 Å². The topological polar surface area (TPSA) is 52.6 Å². The molecule has 0 spiro atoms. The standard InChI is InChI=1S/C28H52O4/c1-27(2,3)31-25(29)23-21-19-17-15-13-11-9-7-8-10-12-14-16-18-20-22-24-26(30)32-28(4,5)6/h11,13H,7-10,12,14-24H2,1-6H3/b13-11+. The van der Waals surface area contributed by atoms with Gasteiger partial charge >= 0.3 is 11.9 Å². The first-order valence-electron chi connectivity index (χ1n) is 13.1. The number of allylic oxidation sites excluding steroid dienone is 2. The lowest BCUT2D eigenvalue weighted by Gasteiger charge is -2.19. The fraction of sp³-hybridized carbons (Fsp3) is 0.857. The van der Waals surface area contributed by atoms with Gasteiger partial charge in [-0.3, -0.25) is 9.59 Å². The summed E-state index contributed by atoms with van der Waals surface area (Å²) in [5.74, 6) is -0.143. The lowest BCUT2D eigenvalue weighted by Crippen LogP contribution is -2.23. The van der Waals surface area contributed by atoms with Crippen LogP contribution in [0.4, 0.5) is 0 Å². The highest BCUT2D eigenvalue weighted by Crippen LogP contribution is 2.14. The zero-order chi connectivity index (χ0) is 24.3. The Morgan fingerprint density at radius 3 is 1.12 bits per heavy atom. The molecule has 0 saturated carbocycles. The van der Waals surface area contributed by atoms with Gasteiger partial charge in [0.25, 0.3) is 0 Å². The molecule has 0 aliphatic carbocycles. The predicted molar refractivity (Wildman–Crippen MR) is 135 cm³/mol. The van der Waals surface area contributed by atoms with Crippen LogP contribution in [0.2, 0.25) is 0 Å². The van der Waals surface area contributed by atoms with Crippen molar-refractivity contribution in [3.8, 4) is 0 Å². The summed E-state index contributed by atoms with van der Waals surface area (Å²) < 4.78 is 10.6. The van der Waals surface area contributed by atoms with Crippen molar-refractivity contribution in [3.63, 3.8) is 0 Å². The van der Waals surface area contributed by atoms with Gasteiger partial charge in [-0.05, 0) is 80.1 Å². The zero-order valence-corrected chi connectivity index (χ0v) is 22.1. The third-order valence-corrected chi connectivity index (χ3v) is 5.01. The molecule has 0 aromatic heterocycles. The Kier molecular flexibility index (Phi) is 17.4. The molecule has 4 nitrogen and oxygen atoms in total. The van der Waals surface area contributed by atoms with Gasteiger partial charge in [-0.2, -0.15) is 0 Å². The Morgan fingerprint density at radius 2 is 0.781 bits per heavy atom. The van der Waals surface area contributed by atoms with E-state index in [4.69, 9.17) is 9.47 Å². The van der Waals surface area contributed by atoms with Gasteiger partial charge in [-0.1, -0.05) is 63.5 Å². The number of carbonyl (C=O) groups is 2. The highest BCUT2D eigenvalue weighted by atomic mass is 16.6. The minimum atomic E-state index is -0.371. The quantitative estimate of drug-likeness (QED) is 0.119. The van der Waals surface area contributed by atoms with E-state index in [1.807, 2.05) is 41.5 Å². The number of esters is 2. The molecule has 32 heavy (non-hydrogen) atoms. The fourth-order valence-corrected chi connectivity index (χ4v) is 3.50.